The van der Waals surface area contributed by atoms with Crippen LogP contribution >= 0.6 is 0 Å². The summed E-state index contributed by atoms with van der Waals surface area (Å²) in [5.41, 5.74) is -1.85. The Morgan fingerprint density at radius 3 is 2.34 bits per heavy atom. The summed E-state index contributed by atoms with van der Waals surface area (Å²) in [5, 5.41) is 15.4. The number of carboxylic acids is 1. The van der Waals surface area contributed by atoms with Gasteiger partial charge < -0.3 is 20.4 Å². The van der Waals surface area contributed by atoms with Gasteiger partial charge >= 0.3 is 11.7 Å². The van der Waals surface area contributed by atoms with Crippen LogP contribution in [0.4, 0.5) is 0 Å². The first-order valence-electron chi connectivity index (χ1n) is 8.58. The van der Waals surface area contributed by atoms with Crippen molar-refractivity contribution in [2.75, 3.05) is 13.7 Å². The van der Waals surface area contributed by atoms with E-state index in [0.717, 1.165) is 0 Å². The molecular weight excluding hydrogens is 378 g/mol. The summed E-state index contributed by atoms with van der Waals surface area (Å²) in [6.45, 7) is -0.0327. The molecule has 0 heterocycles. The number of aliphatic carboxylic acids is 1. The lowest BCUT2D eigenvalue weighted by Gasteiger charge is -2.29. The fourth-order valence-electron chi connectivity index (χ4n) is 2.44. The zero-order valence-electron chi connectivity index (χ0n) is 15.7. The Kier molecular flexibility index (Phi) is 7.44. The number of para-hydroxylation sites is 1. The Balaban J connectivity index is 2.37. The highest BCUT2D eigenvalue weighted by Crippen LogP contribution is 2.20. The van der Waals surface area contributed by atoms with E-state index >= 15 is 0 Å². The first-order valence-corrected chi connectivity index (χ1v) is 8.58. The fraction of sp³-hybridized carbons (Fsp3) is 0.200. The van der Waals surface area contributed by atoms with Gasteiger partial charge in [0.15, 0.2) is 0 Å². The second-order valence-electron chi connectivity index (χ2n) is 5.92. The summed E-state index contributed by atoms with van der Waals surface area (Å²) >= 11 is 0. The summed E-state index contributed by atoms with van der Waals surface area (Å²) in [6, 6.07) is 13.9. The summed E-state index contributed by atoms with van der Waals surface area (Å²) in [6.07, 6.45) is 1.11. The van der Waals surface area contributed by atoms with E-state index in [0.29, 0.717) is 5.56 Å². The Labute approximate surface area is 167 Å². The maximum absolute atomic E-state index is 12.7. The van der Waals surface area contributed by atoms with Crippen LogP contribution in [0.15, 0.2) is 59.7 Å². The Morgan fingerprint density at radius 2 is 1.79 bits per heavy atom. The van der Waals surface area contributed by atoms with E-state index in [1.54, 1.807) is 30.3 Å². The van der Waals surface area contributed by atoms with Crippen molar-refractivity contribution in [3.63, 3.8) is 0 Å². The third kappa shape index (κ3) is 5.39. The van der Waals surface area contributed by atoms with Crippen molar-refractivity contribution >= 4 is 23.9 Å². The minimum Gasteiger partial charge on any atom is -0.476 e. The molecule has 2 aromatic carbocycles. The van der Waals surface area contributed by atoms with Crippen LogP contribution < -0.4 is 15.9 Å². The molecule has 0 bridgehead atoms. The van der Waals surface area contributed by atoms with Gasteiger partial charge in [0.05, 0.1) is 12.8 Å². The molecule has 0 fully saturated rings. The van der Waals surface area contributed by atoms with Gasteiger partial charge in [-0.25, -0.2) is 4.79 Å². The number of methoxy groups -OCH3 is 1. The SMILES string of the molecule is COCCC(=O)C(NC(=O)c1ccc(C=NN)cc1)(Oc1ccccc1)C(=O)O. The lowest BCUT2D eigenvalue weighted by atomic mass is 10.0. The molecular formula is C20H21N3O6. The van der Waals surface area contributed by atoms with E-state index in [1.165, 1.54) is 37.6 Å². The predicted octanol–water partition coefficient (Wildman–Crippen LogP) is 1.17. The molecule has 29 heavy (non-hydrogen) atoms. The number of carboxylic acid groups (broad SMARTS) is 1. The number of nitrogens with zero attached hydrogens (tertiary/aromatic N) is 1. The summed E-state index contributed by atoms with van der Waals surface area (Å²) in [5.74, 6) is 1.87. The van der Waals surface area contributed by atoms with E-state index in [1.807, 2.05) is 0 Å². The topological polar surface area (TPSA) is 140 Å². The molecule has 0 aliphatic heterocycles. The van der Waals surface area contributed by atoms with Crippen molar-refractivity contribution < 1.29 is 29.0 Å². The van der Waals surface area contributed by atoms with Crippen LogP contribution in [-0.2, 0) is 14.3 Å². The quantitative estimate of drug-likeness (QED) is 0.179. The molecule has 0 aliphatic rings. The number of benzene rings is 2. The second kappa shape index (κ2) is 10.00. The normalized spacial score (nSPS) is 12.9. The number of hydrogen-bond donors (Lipinski definition) is 3. The number of nitrogens with one attached hydrogen (secondary N) is 1. The van der Waals surface area contributed by atoms with E-state index in [4.69, 9.17) is 15.3 Å². The van der Waals surface area contributed by atoms with E-state index in [2.05, 4.69) is 10.4 Å². The van der Waals surface area contributed by atoms with Crippen LogP contribution in [0.25, 0.3) is 0 Å². The molecule has 152 valence electrons. The van der Waals surface area contributed by atoms with Crippen LogP contribution in [0.3, 0.4) is 0 Å². The minimum atomic E-state index is -2.62. The maximum Gasteiger partial charge on any atom is 0.378 e. The monoisotopic (exact) mass is 399 g/mol. The third-order valence-corrected chi connectivity index (χ3v) is 3.93. The van der Waals surface area contributed by atoms with Crippen molar-refractivity contribution in [3.05, 3.63) is 65.7 Å². The highest BCUT2D eigenvalue weighted by molar-refractivity contribution is 6.11. The first-order chi connectivity index (χ1) is 13.9. The van der Waals surface area contributed by atoms with Gasteiger partial charge in [-0.1, -0.05) is 30.3 Å². The molecule has 1 atom stereocenters. The summed E-state index contributed by atoms with van der Waals surface area (Å²) in [4.78, 5) is 37.6. The highest BCUT2D eigenvalue weighted by Gasteiger charge is 2.50. The molecule has 0 aliphatic carbocycles. The summed E-state index contributed by atoms with van der Waals surface area (Å²) in [7, 11) is 1.37. The van der Waals surface area contributed by atoms with Crippen molar-refractivity contribution in [1.29, 1.82) is 0 Å². The predicted molar refractivity (Wildman–Crippen MR) is 105 cm³/mol. The van der Waals surface area contributed by atoms with Gasteiger partial charge in [0.1, 0.15) is 5.75 Å². The summed E-state index contributed by atoms with van der Waals surface area (Å²) < 4.78 is 10.4. The first kappa shape index (κ1) is 21.6. The number of amides is 1. The van der Waals surface area contributed by atoms with Gasteiger partial charge in [-0.15, -0.1) is 0 Å². The van der Waals surface area contributed by atoms with Crippen molar-refractivity contribution in [3.8, 4) is 5.75 Å². The number of carbonyl (C=O) groups is 3. The molecule has 0 radical (unpaired) electrons. The van der Waals surface area contributed by atoms with Crippen LogP contribution in [-0.4, -0.2) is 48.4 Å². The van der Waals surface area contributed by atoms with Gasteiger partial charge in [0, 0.05) is 19.1 Å². The Morgan fingerprint density at radius 1 is 1.14 bits per heavy atom. The van der Waals surface area contributed by atoms with Crippen LogP contribution in [0.1, 0.15) is 22.3 Å². The second-order valence-corrected chi connectivity index (χ2v) is 5.92. The number of carbonyl (C=O) groups excluding carboxylic acids is 2. The van der Waals surface area contributed by atoms with Gasteiger partial charge in [0.2, 0.25) is 5.78 Å². The molecule has 1 amide bonds. The average Bonchev–Trinajstić information content (AvgIpc) is 2.72. The molecule has 0 aromatic heterocycles. The number of Topliss-reactive ketones (excluding diaryl/α,β-unsaturated/α-hetero) is 1. The smallest absolute Gasteiger partial charge is 0.378 e. The van der Waals surface area contributed by atoms with Crippen molar-refractivity contribution in [1.82, 2.24) is 5.32 Å². The number of rotatable bonds is 10. The Bertz CT molecular complexity index is 883. The zero-order chi connectivity index (χ0) is 21.3. The van der Waals surface area contributed by atoms with Gasteiger partial charge in [0.25, 0.3) is 5.91 Å². The van der Waals surface area contributed by atoms with Crippen LogP contribution in [0.5, 0.6) is 5.75 Å². The fourth-order valence-corrected chi connectivity index (χ4v) is 2.44. The van der Waals surface area contributed by atoms with E-state index in [-0.39, 0.29) is 24.3 Å². The Hall–Kier alpha value is -3.72. The number of hydrogen-bond acceptors (Lipinski definition) is 7. The molecule has 0 saturated heterocycles. The number of hydrazone groups is 1. The minimum absolute atomic E-state index is 0.0327. The number of ketones is 1. The number of nitrogens with two attached hydrogens (primary N) is 1. The molecule has 0 saturated carbocycles. The molecule has 9 nitrogen and oxygen atoms in total. The van der Waals surface area contributed by atoms with Crippen LogP contribution in [0.2, 0.25) is 0 Å². The third-order valence-electron chi connectivity index (χ3n) is 3.93. The van der Waals surface area contributed by atoms with Crippen LogP contribution in [0, 0.1) is 0 Å². The van der Waals surface area contributed by atoms with Gasteiger partial charge in [-0.05, 0) is 29.8 Å². The lowest BCUT2D eigenvalue weighted by molar-refractivity contribution is -0.164. The molecule has 9 heteroatoms. The lowest BCUT2D eigenvalue weighted by Crippen LogP contribution is -2.64. The maximum atomic E-state index is 12.7. The average molecular weight is 399 g/mol. The number of ether oxygens (including phenoxy) is 2. The molecule has 0 spiro atoms. The largest absolute Gasteiger partial charge is 0.476 e. The standard InChI is InChI=1S/C20H21N3O6/c1-28-12-11-17(24)20(19(26)27,29-16-5-3-2-4-6-16)23-18(25)15-9-7-14(8-10-15)13-22-21/h2-10,13H,11-12,21H2,1H3,(H,23,25)(H,26,27). The molecule has 2 aromatic rings. The van der Waals surface area contributed by atoms with Crippen molar-refractivity contribution in [2.24, 2.45) is 10.9 Å². The molecule has 4 N–H and O–H groups in total. The van der Waals surface area contributed by atoms with E-state index in [9.17, 15) is 19.5 Å². The van der Waals surface area contributed by atoms with E-state index < -0.39 is 23.4 Å². The zero-order valence-corrected chi connectivity index (χ0v) is 15.7. The molecule has 1 unspecified atom stereocenters. The van der Waals surface area contributed by atoms with Crippen molar-refractivity contribution in [2.45, 2.75) is 12.1 Å². The van der Waals surface area contributed by atoms with Gasteiger partial charge in [-0.2, -0.15) is 5.10 Å². The molecule has 2 rings (SSSR count). The van der Waals surface area contributed by atoms with Gasteiger partial charge in [-0.3, -0.25) is 14.9 Å². The highest BCUT2D eigenvalue weighted by atomic mass is 16.5.